The van der Waals surface area contributed by atoms with E-state index >= 15 is 0 Å². The number of aliphatic imine (C=N–C) groups is 1. The van der Waals surface area contributed by atoms with Crippen LogP contribution >= 0.6 is 0 Å². The van der Waals surface area contributed by atoms with Crippen LogP contribution in [0.25, 0.3) is 5.57 Å². The molecule has 29 heavy (non-hydrogen) atoms. The standard InChI is InChI=1S/C26H26N2O/c1-3-22-20-14-17(2)16-26(22,23-10-11-25(29)28-24(23)15-20)27-13-12-19-9-8-18-6-4-5-7-21(18)19/h3-7,10-14,20H,8-9,15-16H2,1-2H3,(H,28,29)/b19-12-,22-3+,27-13?/t20-,26+/m0/s1. The van der Waals surface area contributed by atoms with E-state index in [2.05, 4.69) is 61.3 Å². The van der Waals surface area contributed by atoms with E-state index < -0.39 is 5.54 Å². The summed E-state index contributed by atoms with van der Waals surface area (Å²) in [6, 6.07) is 12.3. The first kappa shape index (κ1) is 18.1. The molecule has 0 unspecified atom stereocenters. The molecule has 3 heteroatoms. The van der Waals surface area contributed by atoms with Gasteiger partial charge in [0.25, 0.3) is 0 Å². The number of aromatic nitrogens is 1. The van der Waals surface area contributed by atoms with E-state index in [0.29, 0.717) is 5.92 Å². The Morgan fingerprint density at radius 3 is 2.90 bits per heavy atom. The van der Waals surface area contributed by atoms with Crippen molar-refractivity contribution in [1.82, 2.24) is 4.98 Å². The smallest absolute Gasteiger partial charge is 0.248 e. The average Bonchev–Trinajstić information content (AvgIpc) is 3.10. The molecule has 3 nitrogen and oxygen atoms in total. The Morgan fingerprint density at radius 2 is 2.03 bits per heavy atom. The summed E-state index contributed by atoms with van der Waals surface area (Å²) in [5.74, 6) is 0.302. The normalized spacial score (nSPS) is 27.9. The first-order valence-corrected chi connectivity index (χ1v) is 10.5. The molecule has 3 aliphatic rings. The summed E-state index contributed by atoms with van der Waals surface area (Å²) in [6.07, 6.45) is 12.7. The lowest BCUT2D eigenvalue weighted by molar-refractivity contribution is 0.413. The number of benzene rings is 1. The summed E-state index contributed by atoms with van der Waals surface area (Å²) in [7, 11) is 0. The van der Waals surface area contributed by atoms with Crippen LogP contribution in [0.5, 0.6) is 0 Å². The van der Waals surface area contributed by atoms with E-state index in [-0.39, 0.29) is 5.56 Å². The molecule has 0 aliphatic heterocycles. The largest absolute Gasteiger partial charge is 0.326 e. The Kier molecular flexibility index (Phi) is 4.27. The summed E-state index contributed by atoms with van der Waals surface area (Å²) in [5, 5.41) is 0. The van der Waals surface area contributed by atoms with E-state index in [9.17, 15) is 4.79 Å². The molecule has 1 N–H and O–H groups in total. The molecule has 1 aromatic heterocycles. The number of hydrogen-bond donors (Lipinski definition) is 1. The molecular formula is C26H26N2O. The van der Waals surface area contributed by atoms with Gasteiger partial charge in [-0.15, -0.1) is 0 Å². The second-order valence-electron chi connectivity index (χ2n) is 8.45. The quantitative estimate of drug-likeness (QED) is 0.567. The van der Waals surface area contributed by atoms with Gasteiger partial charge in [0.2, 0.25) is 5.56 Å². The fraction of sp³-hybridized carbons (Fsp3) is 0.308. The lowest BCUT2D eigenvalue weighted by Gasteiger charge is -2.45. The molecule has 5 rings (SSSR count). The summed E-state index contributed by atoms with van der Waals surface area (Å²) in [6.45, 7) is 4.31. The highest BCUT2D eigenvalue weighted by atomic mass is 16.1. The maximum atomic E-state index is 12.0. The third kappa shape index (κ3) is 2.88. The molecule has 0 spiro atoms. The predicted molar refractivity (Wildman–Crippen MR) is 119 cm³/mol. The molecule has 2 atom stereocenters. The van der Waals surface area contributed by atoms with E-state index in [1.807, 2.05) is 12.3 Å². The number of allylic oxidation sites excluding steroid dienone is 4. The van der Waals surface area contributed by atoms with Crippen LogP contribution in [0.15, 0.2) is 75.6 Å². The molecule has 1 heterocycles. The van der Waals surface area contributed by atoms with Crippen molar-refractivity contribution in [2.45, 2.75) is 45.1 Å². The van der Waals surface area contributed by atoms with Crippen molar-refractivity contribution in [1.29, 1.82) is 0 Å². The Hall–Kier alpha value is -2.94. The van der Waals surface area contributed by atoms with Gasteiger partial charge in [-0.25, -0.2) is 0 Å². The molecule has 2 aromatic rings. The van der Waals surface area contributed by atoms with E-state index in [4.69, 9.17) is 4.99 Å². The van der Waals surface area contributed by atoms with Crippen molar-refractivity contribution in [3.63, 3.8) is 0 Å². The number of aromatic amines is 1. The third-order valence-electron chi connectivity index (χ3n) is 6.68. The molecular weight excluding hydrogens is 356 g/mol. The summed E-state index contributed by atoms with van der Waals surface area (Å²) in [4.78, 5) is 20.2. The predicted octanol–water partition coefficient (Wildman–Crippen LogP) is 5.14. The van der Waals surface area contributed by atoms with E-state index in [1.54, 1.807) is 6.07 Å². The fourth-order valence-electron chi connectivity index (χ4n) is 5.54. The zero-order valence-corrected chi connectivity index (χ0v) is 17.0. The number of hydrogen-bond acceptors (Lipinski definition) is 2. The van der Waals surface area contributed by atoms with Crippen molar-refractivity contribution >= 4 is 11.8 Å². The minimum absolute atomic E-state index is 0.0322. The lowest BCUT2D eigenvalue weighted by atomic mass is 9.63. The average molecular weight is 383 g/mol. The van der Waals surface area contributed by atoms with Gasteiger partial charge in [0.15, 0.2) is 0 Å². The number of nitrogens with one attached hydrogen (secondary N) is 1. The number of rotatable bonds is 2. The van der Waals surface area contributed by atoms with Gasteiger partial charge in [-0.3, -0.25) is 9.79 Å². The van der Waals surface area contributed by atoms with Crippen LogP contribution in [0, 0.1) is 5.92 Å². The van der Waals surface area contributed by atoms with E-state index in [1.165, 1.54) is 27.8 Å². The number of aryl methyl sites for hydroxylation is 1. The van der Waals surface area contributed by atoms with Gasteiger partial charge in [0.05, 0.1) is 0 Å². The highest BCUT2D eigenvalue weighted by Gasteiger charge is 2.46. The van der Waals surface area contributed by atoms with Crippen molar-refractivity contribution in [3.05, 3.63) is 98.5 Å². The number of pyridine rings is 1. The molecule has 0 amide bonds. The molecule has 2 bridgehead atoms. The Balaban J connectivity index is 1.62. The number of fused-ring (bicyclic) bond motifs is 5. The van der Waals surface area contributed by atoms with Crippen LogP contribution in [0.3, 0.4) is 0 Å². The minimum Gasteiger partial charge on any atom is -0.326 e. The van der Waals surface area contributed by atoms with Crippen LogP contribution < -0.4 is 5.56 Å². The van der Waals surface area contributed by atoms with Crippen LogP contribution in [0.2, 0.25) is 0 Å². The SMILES string of the molecule is C/C=C1\[C@H]2C=C(C)C[C@]1(N=C/C=C1/CCc3ccccc31)c1ccc(=O)[nH]c1C2. The van der Waals surface area contributed by atoms with Gasteiger partial charge in [-0.05, 0) is 67.5 Å². The van der Waals surface area contributed by atoms with Gasteiger partial charge in [0.1, 0.15) is 5.54 Å². The Labute approximate surface area is 171 Å². The Bertz CT molecular complexity index is 1160. The molecule has 146 valence electrons. The zero-order valence-electron chi connectivity index (χ0n) is 17.0. The molecule has 0 saturated heterocycles. The monoisotopic (exact) mass is 382 g/mol. The third-order valence-corrected chi connectivity index (χ3v) is 6.68. The Morgan fingerprint density at radius 1 is 1.17 bits per heavy atom. The molecule has 3 aliphatic carbocycles. The van der Waals surface area contributed by atoms with Gasteiger partial charge >= 0.3 is 0 Å². The van der Waals surface area contributed by atoms with Crippen molar-refractivity contribution in [2.75, 3.05) is 0 Å². The summed E-state index contributed by atoms with van der Waals surface area (Å²) in [5.41, 5.74) is 8.60. The lowest BCUT2D eigenvalue weighted by Crippen LogP contribution is -2.40. The highest BCUT2D eigenvalue weighted by Crippen LogP contribution is 2.51. The van der Waals surface area contributed by atoms with E-state index in [0.717, 1.165) is 36.9 Å². The van der Waals surface area contributed by atoms with Crippen molar-refractivity contribution < 1.29 is 0 Å². The van der Waals surface area contributed by atoms with Gasteiger partial charge in [0, 0.05) is 35.9 Å². The number of nitrogens with zero attached hydrogens (tertiary/aromatic N) is 1. The second-order valence-corrected chi connectivity index (χ2v) is 8.45. The van der Waals surface area contributed by atoms with Gasteiger partial charge < -0.3 is 4.98 Å². The molecule has 0 fully saturated rings. The maximum Gasteiger partial charge on any atom is 0.248 e. The first-order valence-electron chi connectivity index (χ1n) is 10.5. The maximum absolute atomic E-state index is 12.0. The van der Waals surface area contributed by atoms with Crippen LogP contribution in [-0.2, 0) is 18.4 Å². The van der Waals surface area contributed by atoms with Crippen LogP contribution in [0.4, 0.5) is 0 Å². The topological polar surface area (TPSA) is 45.2 Å². The van der Waals surface area contributed by atoms with Gasteiger partial charge in [-0.2, -0.15) is 0 Å². The van der Waals surface area contributed by atoms with Crippen LogP contribution in [-0.4, -0.2) is 11.2 Å². The van der Waals surface area contributed by atoms with Gasteiger partial charge in [-0.1, -0.05) is 42.0 Å². The second kappa shape index (κ2) is 6.84. The zero-order chi connectivity index (χ0) is 20.0. The minimum atomic E-state index is -0.411. The fourth-order valence-corrected chi connectivity index (χ4v) is 5.54. The van der Waals surface area contributed by atoms with Crippen LogP contribution in [0.1, 0.15) is 49.1 Å². The van der Waals surface area contributed by atoms with Crippen molar-refractivity contribution in [3.8, 4) is 0 Å². The molecule has 1 aromatic carbocycles. The van der Waals surface area contributed by atoms with Crippen molar-refractivity contribution in [2.24, 2.45) is 10.9 Å². The number of H-pyrrole nitrogens is 1. The molecule has 0 radical (unpaired) electrons. The summed E-state index contributed by atoms with van der Waals surface area (Å²) < 4.78 is 0. The first-order chi connectivity index (χ1) is 14.1. The molecule has 0 saturated carbocycles. The highest BCUT2D eigenvalue weighted by molar-refractivity contribution is 5.87. The summed E-state index contributed by atoms with van der Waals surface area (Å²) >= 11 is 0.